The number of carbonyl (C=O) groups excluding carboxylic acids is 2. The molecule has 6 N–H and O–H groups in total. The summed E-state index contributed by atoms with van der Waals surface area (Å²) < 4.78 is 33.0. The van der Waals surface area contributed by atoms with Crippen molar-refractivity contribution < 1.29 is 63.1 Å². The molecule has 0 heterocycles. The molecule has 272 valence electrons. The molecule has 14 heteroatoms. The van der Waals surface area contributed by atoms with Crippen LogP contribution in [0.4, 0.5) is 0 Å². The first kappa shape index (κ1) is 43.1. The highest BCUT2D eigenvalue weighted by Gasteiger charge is 2.51. The van der Waals surface area contributed by atoms with Gasteiger partial charge in [-0.1, -0.05) is 88.7 Å². The molecule has 8 atom stereocenters. The lowest BCUT2D eigenvalue weighted by Crippen LogP contribution is -2.64. The molecule has 1 rings (SSSR count). The quantitative estimate of drug-likeness (QED) is 0.0329. The Labute approximate surface area is 278 Å². The minimum atomic E-state index is -5.11. The molecular formula is C33H57O13P. The molecule has 13 nitrogen and oxygen atoms in total. The lowest BCUT2D eigenvalue weighted by atomic mass is 9.85. The molecule has 3 unspecified atom stereocenters. The number of hydrogen-bond acceptors (Lipinski definition) is 12. The smallest absolute Gasteiger partial charge is 0.462 e. The fourth-order valence-corrected chi connectivity index (χ4v) is 5.80. The summed E-state index contributed by atoms with van der Waals surface area (Å²) in [6.45, 7) is 4.60. The van der Waals surface area contributed by atoms with Gasteiger partial charge in [0.1, 0.15) is 43.2 Å². The normalized spacial score (nSPS) is 25.1. The zero-order valence-electron chi connectivity index (χ0n) is 27.6. The van der Waals surface area contributed by atoms with E-state index in [1.165, 1.54) is 32.1 Å². The van der Waals surface area contributed by atoms with Crippen LogP contribution >= 0.6 is 7.82 Å². The molecule has 0 spiro atoms. The number of hydrogen-bond donors (Lipinski definition) is 6. The Balaban J connectivity index is 2.64. The molecule has 0 aromatic heterocycles. The largest absolute Gasteiger partial charge is 0.472 e. The van der Waals surface area contributed by atoms with Crippen LogP contribution in [0.2, 0.25) is 0 Å². The number of allylic oxidation sites excluding steroid dienone is 5. The highest BCUT2D eigenvalue weighted by molar-refractivity contribution is 7.47. The van der Waals surface area contributed by atoms with E-state index in [1.54, 1.807) is 6.08 Å². The van der Waals surface area contributed by atoms with E-state index in [4.69, 9.17) is 18.5 Å². The number of aliphatic hydroxyl groups excluding tert-OH is 5. The standard InChI is InChI=1S/C33H57O13P/c1-3-5-7-9-11-13-15-17-19-21-26(34)43-23-25(45-27(35)22-20-18-16-14-12-10-8-6-4-2)24-44-47(41,42)46-33-31(39)29(37)28(36)30(38)32(33)40/h4,8,10,14,16,25,28-33,36-40H,2-3,5-7,9,11-13,15,17-24H2,1H3,(H,41,42)/b10-8+,16-14+/t25-,28?,29-,30+,31-,32-,33?/m1/s1. The predicted octanol–water partition coefficient (Wildman–Crippen LogP) is 3.93. The van der Waals surface area contributed by atoms with Gasteiger partial charge in [-0.2, -0.15) is 0 Å². The fraction of sp³-hybridized carbons (Fsp3) is 0.758. The van der Waals surface area contributed by atoms with Crippen LogP contribution in [0.5, 0.6) is 0 Å². The van der Waals surface area contributed by atoms with Crippen molar-refractivity contribution in [3.63, 3.8) is 0 Å². The van der Waals surface area contributed by atoms with Crippen LogP contribution in [0.1, 0.15) is 103 Å². The Kier molecular flexibility index (Phi) is 23.0. The first-order chi connectivity index (χ1) is 22.4. The fourth-order valence-electron chi connectivity index (χ4n) is 4.83. The summed E-state index contributed by atoms with van der Waals surface area (Å²) in [7, 11) is -5.11. The van der Waals surface area contributed by atoms with Gasteiger partial charge in [-0.3, -0.25) is 18.6 Å². The molecule has 0 radical (unpaired) electrons. The number of rotatable bonds is 26. The first-order valence-corrected chi connectivity index (χ1v) is 18.2. The number of aliphatic hydroxyl groups is 5. The Morgan fingerprint density at radius 3 is 1.87 bits per heavy atom. The lowest BCUT2D eigenvalue weighted by molar-refractivity contribution is -0.220. The third-order valence-corrected chi connectivity index (χ3v) is 8.61. The van der Waals surface area contributed by atoms with Crippen LogP contribution in [-0.4, -0.2) is 98.3 Å². The summed E-state index contributed by atoms with van der Waals surface area (Å²) in [6.07, 6.45) is 8.88. The molecule has 0 aromatic rings. The van der Waals surface area contributed by atoms with Crippen molar-refractivity contribution in [2.45, 2.75) is 146 Å². The average Bonchev–Trinajstić information content (AvgIpc) is 3.04. The zero-order valence-corrected chi connectivity index (χ0v) is 28.5. The van der Waals surface area contributed by atoms with Gasteiger partial charge in [0.15, 0.2) is 6.10 Å². The summed E-state index contributed by atoms with van der Waals surface area (Å²) in [5.74, 6) is -1.18. The predicted molar refractivity (Wildman–Crippen MR) is 175 cm³/mol. The summed E-state index contributed by atoms with van der Waals surface area (Å²) in [5.41, 5.74) is 0. The van der Waals surface area contributed by atoms with Crippen LogP contribution in [0.25, 0.3) is 0 Å². The summed E-state index contributed by atoms with van der Waals surface area (Å²) >= 11 is 0. The highest BCUT2D eigenvalue weighted by Crippen LogP contribution is 2.47. The average molecular weight is 693 g/mol. The molecule has 0 aliphatic heterocycles. The van der Waals surface area contributed by atoms with Gasteiger partial charge in [0.25, 0.3) is 0 Å². The second kappa shape index (κ2) is 25.1. The maximum atomic E-state index is 12.7. The Hall–Kier alpha value is -1.93. The van der Waals surface area contributed by atoms with Crippen LogP contribution in [-0.2, 0) is 32.7 Å². The molecule has 0 saturated heterocycles. The van der Waals surface area contributed by atoms with E-state index in [2.05, 4.69) is 13.5 Å². The van der Waals surface area contributed by atoms with Gasteiger partial charge in [-0.05, 0) is 32.1 Å². The molecule has 1 fully saturated rings. The first-order valence-electron chi connectivity index (χ1n) is 16.8. The topological polar surface area (TPSA) is 210 Å². The van der Waals surface area contributed by atoms with Gasteiger partial charge in [-0.25, -0.2) is 4.57 Å². The number of unbranched alkanes of at least 4 members (excludes halogenated alkanes) is 9. The number of ether oxygens (including phenoxy) is 2. The second-order valence-electron chi connectivity index (χ2n) is 11.8. The van der Waals surface area contributed by atoms with Gasteiger partial charge in [0.2, 0.25) is 0 Å². The van der Waals surface area contributed by atoms with Crippen LogP contribution < -0.4 is 0 Å². The van der Waals surface area contributed by atoms with E-state index in [9.17, 15) is 44.6 Å². The Bertz CT molecular complexity index is 972. The van der Waals surface area contributed by atoms with E-state index in [-0.39, 0.29) is 12.8 Å². The van der Waals surface area contributed by atoms with Gasteiger partial charge < -0.3 is 39.9 Å². The summed E-state index contributed by atoms with van der Waals surface area (Å²) in [5, 5.41) is 49.7. The van der Waals surface area contributed by atoms with Crippen LogP contribution in [0.3, 0.4) is 0 Å². The van der Waals surface area contributed by atoms with Gasteiger partial charge in [0.05, 0.1) is 6.61 Å². The van der Waals surface area contributed by atoms with E-state index in [0.29, 0.717) is 19.3 Å². The van der Waals surface area contributed by atoms with Crippen molar-refractivity contribution in [1.29, 1.82) is 0 Å². The van der Waals surface area contributed by atoms with Crippen molar-refractivity contribution >= 4 is 19.8 Å². The van der Waals surface area contributed by atoms with Crippen molar-refractivity contribution in [2.24, 2.45) is 0 Å². The van der Waals surface area contributed by atoms with Gasteiger partial charge in [-0.15, -0.1) is 6.58 Å². The van der Waals surface area contributed by atoms with Gasteiger partial charge >= 0.3 is 19.8 Å². The number of carbonyl (C=O) groups is 2. The van der Waals surface area contributed by atoms with E-state index in [1.807, 2.05) is 24.3 Å². The van der Waals surface area contributed by atoms with Crippen molar-refractivity contribution in [3.8, 4) is 0 Å². The number of phosphoric acid groups is 1. The molecule has 1 aliphatic rings. The molecule has 1 saturated carbocycles. The Morgan fingerprint density at radius 2 is 1.26 bits per heavy atom. The minimum absolute atomic E-state index is 0.0192. The molecule has 0 bridgehead atoms. The van der Waals surface area contributed by atoms with Crippen molar-refractivity contribution in [2.75, 3.05) is 13.2 Å². The van der Waals surface area contributed by atoms with E-state index >= 15 is 0 Å². The zero-order chi connectivity index (χ0) is 35.1. The molecule has 0 amide bonds. The SMILES string of the molecule is C=CC/C=C/C/C=C/CCCC(=O)O[C@H](COC(=O)CCCCCCCCCCC)COP(=O)(O)OC1[C@H](O)[C@H](O)C(O)[C@H](O)[C@H]1O. The molecular weight excluding hydrogens is 635 g/mol. The monoisotopic (exact) mass is 692 g/mol. The van der Waals surface area contributed by atoms with Crippen molar-refractivity contribution in [3.05, 3.63) is 37.0 Å². The van der Waals surface area contributed by atoms with Crippen LogP contribution in [0.15, 0.2) is 37.0 Å². The summed E-state index contributed by atoms with van der Waals surface area (Å²) in [4.78, 5) is 35.1. The van der Waals surface area contributed by atoms with E-state index < -0.39 is 75.7 Å². The maximum Gasteiger partial charge on any atom is 0.472 e. The number of esters is 2. The second-order valence-corrected chi connectivity index (χ2v) is 13.2. The minimum Gasteiger partial charge on any atom is -0.462 e. The highest BCUT2D eigenvalue weighted by atomic mass is 31.2. The van der Waals surface area contributed by atoms with Gasteiger partial charge in [0, 0.05) is 12.8 Å². The van der Waals surface area contributed by atoms with Crippen molar-refractivity contribution in [1.82, 2.24) is 0 Å². The molecule has 47 heavy (non-hydrogen) atoms. The third kappa shape index (κ3) is 19.0. The van der Waals surface area contributed by atoms with Crippen LogP contribution in [0, 0.1) is 0 Å². The Morgan fingerprint density at radius 1 is 0.723 bits per heavy atom. The molecule has 1 aliphatic carbocycles. The summed E-state index contributed by atoms with van der Waals surface area (Å²) in [6, 6.07) is 0. The maximum absolute atomic E-state index is 12.7. The van der Waals surface area contributed by atoms with E-state index in [0.717, 1.165) is 32.1 Å². The third-order valence-electron chi connectivity index (χ3n) is 7.62. The lowest BCUT2D eigenvalue weighted by Gasteiger charge is -2.41. The molecule has 0 aromatic carbocycles. The number of phosphoric ester groups is 1.